The molecule has 0 radical (unpaired) electrons. The third-order valence-electron chi connectivity index (χ3n) is 2.99. The van der Waals surface area contributed by atoms with Crippen molar-refractivity contribution in [3.8, 4) is 0 Å². The van der Waals surface area contributed by atoms with E-state index in [2.05, 4.69) is 0 Å². The highest BCUT2D eigenvalue weighted by molar-refractivity contribution is 7.91. The van der Waals surface area contributed by atoms with Crippen LogP contribution in [0.4, 0.5) is 0 Å². The van der Waals surface area contributed by atoms with Gasteiger partial charge in [0, 0.05) is 19.6 Å². The van der Waals surface area contributed by atoms with Crippen molar-refractivity contribution < 1.29 is 13.2 Å². The fraction of sp³-hybridized carbons (Fsp3) is 0.900. The molecule has 5 nitrogen and oxygen atoms in total. The monoisotopic (exact) mass is 248 g/mol. The molecule has 0 bridgehead atoms. The van der Waals surface area contributed by atoms with Gasteiger partial charge in [-0.3, -0.25) is 4.79 Å². The minimum absolute atomic E-state index is 0.00194. The first-order valence-electron chi connectivity index (χ1n) is 5.69. The van der Waals surface area contributed by atoms with E-state index >= 15 is 0 Å². The van der Waals surface area contributed by atoms with Crippen LogP contribution in [0.25, 0.3) is 0 Å². The van der Waals surface area contributed by atoms with Gasteiger partial charge < -0.3 is 10.6 Å². The summed E-state index contributed by atoms with van der Waals surface area (Å²) in [7, 11) is -2.95. The second-order valence-electron chi connectivity index (χ2n) is 4.17. The highest BCUT2D eigenvalue weighted by Crippen LogP contribution is 2.11. The molecule has 1 unspecified atom stereocenters. The molecule has 0 spiro atoms. The van der Waals surface area contributed by atoms with Gasteiger partial charge in [0.05, 0.1) is 17.4 Å². The lowest BCUT2D eigenvalue weighted by Gasteiger charge is -2.24. The SMILES string of the molecule is CCC(CN)C(=O)N1CCCS(=O)(=O)CC1. The number of sulfone groups is 1. The molecule has 0 aromatic heterocycles. The normalized spacial score (nSPS) is 22.5. The van der Waals surface area contributed by atoms with Crippen LogP contribution >= 0.6 is 0 Å². The molecule has 0 aromatic rings. The Balaban J connectivity index is 2.64. The first-order chi connectivity index (χ1) is 7.50. The van der Waals surface area contributed by atoms with Gasteiger partial charge in [0.25, 0.3) is 0 Å². The number of amides is 1. The fourth-order valence-electron chi connectivity index (χ4n) is 1.86. The van der Waals surface area contributed by atoms with Gasteiger partial charge in [-0.15, -0.1) is 0 Å². The van der Waals surface area contributed by atoms with Gasteiger partial charge in [0.1, 0.15) is 0 Å². The number of nitrogens with zero attached hydrogens (tertiary/aromatic N) is 1. The van der Waals surface area contributed by atoms with E-state index in [1.807, 2.05) is 6.92 Å². The maximum absolute atomic E-state index is 12.0. The fourth-order valence-corrected chi connectivity index (χ4v) is 3.13. The van der Waals surface area contributed by atoms with Crippen LogP contribution in [-0.4, -0.2) is 50.4 Å². The van der Waals surface area contributed by atoms with Crippen molar-refractivity contribution in [2.45, 2.75) is 19.8 Å². The number of hydrogen-bond acceptors (Lipinski definition) is 4. The second kappa shape index (κ2) is 5.63. The number of nitrogens with two attached hydrogens (primary N) is 1. The Kier molecular flexibility index (Phi) is 4.73. The summed E-state index contributed by atoms with van der Waals surface area (Å²) >= 11 is 0. The molecule has 0 aliphatic carbocycles. The quantitative estimate of drug-likeness (QED) is 0.738. The third kappa shape index (κ3) is 3.45. The van der Waals surface area contributed by atoms with E-state index in [0.29, 0.717) is 32.5 Å². The Bertz CT molecular complexity index is 336. The minimum atomic E-state index is -2.95. The molecular weight excluding hydrogens is 228 g/mol. The lowest BCUT2D eigenvalue weighted by molar-refractivity contribution is -0.135. The van der Waals surface area contributed by atoms with E-state index < -0.39 is 9.84 Å². The lowest BCUT2D eigenvalue weighted by atomic mass is 10.1. The molecule has 1 amide bonds. The maximum atomic E-state index is 12.0. The van der Waals surface area contributed by atoms with Crippen LogP contribution in [0.15, 0.2) is 0 Å². The molecule has 1 saturated heterocycles. The zero-order chi connectivity index (χ0) is 12.2. The summed E-state index contributed by atoms with van der Waals surface area (Å²) in [6.45, 7) is 3.11. The number of hydrogen-bond donors (Lipinski definition) is 1. The molecule has 1 aliphatic rings. The Labute approximate surface area is 96.9 Å². The summed E-state index contributed by atoms with van der Waals surface area (Å²) in [5.74, 6) is 0.110. The van der Waals surface area contributed by atoms with Crippen molar-refractivity contribution in [1.82, 2.24) is 4.90 Å². The number of rotatable bonds is 3. The van der Waals surface area contributed by atoms with E-state index in [1.165, 1.54) is 0 Å². The molecule has 2 N–H and O–H groups in total. The number of carbonyl (C=O) groups excluding carboxylic acids is 1. The molecule has 0 saturated carbocycles. The van der Waals surface area contributed by atoms with Crippen LogP contribution < -0.4 is 5.73 Å². The van der Waals surface area contributed by atoms with Gasteiger partial charge in [0.2, 0.25) is 5.91 Å². The van der Waals surface area contributed by atoms with Crippen LogP contribution in [0, 0.1) is 5.92 Å². The van der Waals surface area contributed by atoms with Crippen molar-refractivity contribution in [2.24, 2.45) is 11.7 Å². The van der Waals surface area contributed by atoms with Gasteiger partial charge in [-0.2, -0.15) is 0 Å². The van der Waals surface area contributed by atoms with Gasteiger partial charge in [-0.05, 0) is 12.8 Å². The first kappa shape index (κ1) is 13.4. The minimum Gasteiger partial charge on any atom is -0.341 e. The standard InChI is InChI=1S/C10H20N2O3S/c1-2-9(8-11)10(13)12-4-3-6-16(14,15)7-5-12/h9H,2-8,11H2,1H3. The van der Waals surface area contributed by atoms with Crippen LogP contribution in [0.5, 0.6) is 0 Å². The Morgan fingerprint density at radius 2 is 2.06 bits per heavy atom. The summed E-state index contributed by atoms with van der Waals surface area (Å²) in [4.78, 5) is 13.6. The molecule has 6 heteroatoms. The van der Waals surface area contributed by atoms with Crippen molar-refractivity contribution in [2.75, 3.05) is 31.1 Å². The van der Waals surface area contributed by atoms with E-state index in [4.69, 9.17) is 5.73 Å². The first-order valence-corrected chi connectivity index (χ1v) is 7.51. The number of carbonyl (C=O) groups is 1. The van der Waals surface area contributed by atoms with Crippen molar-refractivity contribution in [1.29, 1.82) is 0 Å². The van der Waals surface area contributed by atoms with E-state index in [0.717, 1.165) is 0 Å². The molecule has 1 atom stereocenters. The molecular formula is C10H20N2O3S. The molecule has 94 valence electrons. The van der Waals surface area contributed by atoms with Crippen LogP contribution in [-0.2, 0) is 14.6 Å². The summed E-state index contributed by atoms with van der Waals surface area (Å²) in [5.41, 5.74) is 5.52. The zero-order valence-corrected chi connectivity index (χ0v) is 10.5. The highest BCUT2D eigenvalue weighted by atomic mass is 32.2. The molecule has 16 heavy (non-hydrogen) atoms. The Morgan fingerprint density at radius 1 is 1.38 bits per heavy atom. The lowest BCUT2D eigenvalue weighted by Crippen LogP contribution is -2.40. The highest BCUT2D eigenvalue weighted by Gasteiger charge is 2.26. The molecule has 0 aromatic carbocycles. The predicted octanol–water partition coefficient (Wildman–Crippen LogP) is -0.382. The van der Waals surface area contributed by atoms with Gasteiger partial charge in [-0.1, -0.05) is 6.92 Å². The average molecular weight is 248 g/mol. The molecule has 1 aliphatic heterocycles. The maximum Gasteiger partial charge on any atom is 0.226 e. The van der Waals surface area contributed by atoms with Gasteiger partial charge in [-0.25, -0.2) is 8.42 Å². The van der Waals surface area contributed by atoms with Gasteiger partial charge >= 0.3 is 0 Å². The van der Waals surface area contributed by atoms with Crippen LogP contribution in [0.1, 0.15) is 19.8 Å². The van der Waals surface area contributed by atoms with Gasteiger partial charge in [0.15, 0.2) is 9.84 Å². The molecule has 1 fully saturated rings. The average Bonchev–Trinajstić information content (AvgIpc) is 2.41. The van der Waals surface area contributed by atoms with Crippen molar-refractivity contribution in [3.05, 3.63) is 0 Å². The molecule has 1 heterocycles. The van der Waals surface area contributed by atoms with E-state index in [9.17, 15) is 13.2 Å². The topological polar surface area (TPSA) is 80.5 Å². The van der Waals surface area contributed by atoms with Crippen molar-refractivity contribution >= 4 is 15.7 Å². The summed E-state index contributed by atoms with van der Waals surface area (Å²) in [6, 6.07) is 0. The smallest absolute Gasteiger partial charge is 0.226 e. The molecule has 1 rings (SSSR count). The van der Waals surface area contributed by atoms with Crippen molar-refractivity contribution in [3.63, 3.8) is 0 Å². The van der Waals surface area contributed by atoms with E-state index in [-0.39, 0.29) is 23.3 Å². The third-order valence-corrected chi connectivity index (χ3v) is 4.71. The second-order valence-corrected chi connectivity index (χ2v) is 6.48. The Morgan fingerprint density at radius 3 is 2.62 bits per heavy atom. The summed E-state index contributed by atoms with van der Waals surface area (Å²) in [6.07, 6.45) is 1.24. The van der Waals surface area contributed by atoms with E-state index in [1.54, 1.807) is 4.90 Å². The largest absolute Gasteiger partial charge is 0.341 e. The zero-order valence-electron chi connectivity index (χ0n) is 9.68. The van der Waals surface area contributed by atoms with Crippen LogP contribution in [0.2, 0.25) is 0 Å². The Hall–Kier alpha value is -0.620. The summed E-state index contributed by atoms with van der Waals surface area (Å²) in [5, 5.41) is 0. The van der Waals surface area contributed by atoms with Crippen LogP contribution in [0.3, 0.4) is 0 Å². The predicted molar refractivity (Wildman–Crippen MR) is 62.7 cm³/mol. The summed E-state index contributed by atoms with van der Waals surface area (Å²) < 4.78 is 22.8.